The molecule has 1 amide bonds. The fourth-order valence-corrected chi connectivity index (χ4v) is 2.18. The van der Waals surface area contributed by atoms with Crippen molar-refractivity contribution < 1.29 is 9.90 Å². The molecule has 0 aliphatic rings. The number of aromatic nitrogens is 2. The van der Waals surface area contributed by atoms with Gasteiger partial charge in [-0.3, -0.25) is 4.79 Å². The molecule has 6 heteroatoms. The third kappa shape index (κ3) is 3.00. The highest BCUT2D eigenvalue weighted by Gasteiger charge is 2.20. The smallest absolute Gasteiger partial charge is 0.256 e. The van der Waals surface area contributed by atoms with Crippen LogP contribution in [0, 0.1) is 6.92 Å². The van der Waals surface area contributed by atoms with E-state index in [-0.39, 0.29) is 17.6 Å². The molecule has 0 aliphatic carbocycles. The summed E-state index contributed by atoms with van der Waals surface area (Å²) in [6.07, 6.45) is -0.609. The van der Waals surface area contributed by atoms with Crippen molar-refractivity contribution in [2.45, 2.75) is 20.0 Å². The van der Waals surface area contributed by atoms with Crippen LogP contribution in [-0.4, -0.2) is 33.4 Å². The van der Waals surface area contributed by atoms with E-state index >= 15 is 0 Å². The summed E-state index contributed by atoms with van der Waals surface area (Å²) in [5.41, 5.74) is 1.66. The Morgan fingerprint density at radius 1 is 1.45 bits per heavy atom. The molecule has 0 bridgehead atoms. The first-order chi connectivity index (χ1) is 9.50. The lowest BCUT2D eigenvalue weighted by Gasteiger charge is -2.07. The van der Waals surface area contributed by atoms with Gasteiger partial charge in [0, 0.05) is 6.54 Å². The molecule has 0 saturated heterocycles. The molecule has 1 heterocycles. The minimum atomic E-state index is -0.609. The Hall–Kier alpha value is -1.85. The number of carbonyl (C=O) groups excluding carboxylic acids is 1. The van der Waals surface area contributed by atoms with Gasteiger partial charge in [-0.05, 0) is 26.0 Å². The summed E-state index contributed by atoms with van der Waals surface area (Å²) in [7, 11) is 0. The first-order valence-electron chi connectivity index (χ1n) is 6.27. The number of aryl methyl sites for hydroxylation is 1. The van der Waals surface area contributed by atoms with E-state index in [0.29, 0.717) is 11.3 Å². The van der Waals surface area contributed by atoms with Gasteiger partial charge in [0.1, 0.15) is 5.15 Å². The maximum absolute atomic E-state index is 12.1. The average Bonchev–Trinajstić information content (AvgIpc) is 2.72. The number of nitrogens with zero attached hydrogens (tertiary/aromatic N) is 2. The van der Waals surface area contributed by atoms with Gasteiger partial charge in [-0.1, -0.05) is 29.8 Å². The highest BCUT2D eigenvalue weighted by molar-refractivity contribution is 6.33. The Kier molecular flexibility index (Phi) is 4.42. The van der Waals surface area contributed by atoms with Gasteiger partial charge in [0.05, 0.1) is 23.0 Å². The summed E-state index contributed by atoms with van der Waals surface area (Å²) in [4.78, 5) is 12.1. The molecule has 1 unspecified atom stereocenters. The second-order valence-electron chi connectivity index (χ2n) is 4.56. The highest BCUT2D eigenvalue weighted by atomic mass is 35.5. The van der Waals surface area contributed by atoms with E-state index in [0.717, 1.165) is 5.69 Å². The van der Waals surface area contributed by atoms with Gasteiger partial charge in [-0.25, -0.2) is 4.68 Å². The molecule has 1 atom stereocenters. The molecule has 0 aliphatic heterocycles. The number of aliphatic hydroxyl groups excluding tert-OH is 1. The zero-order valence-corrected chi connectivity index (χ0v) is 12.1. The molecule has 2 aromatic rings. The van der Waals surface area contributed by atoms with Crippen molar-refractivity contribution >= 4 is 17.5 Å². The zero-order valence-electron chi connectivity index (χ0n) is 11.3. The molecule has 0 saturated carbocycles. The molecule has 0 spiro atoms. The lowest BCUT2D eigenvalue weighted by Crippen LogP contribution is -2.30. The van der Waals surface area contributed by atoms with Crippen molar-refractivity contribution in [3.05, 3.63) is 46.7 Å². The molecule has 1 aromatic heterocycles. The van der Waals surface area contributed by atoms with Crippen molar-refractivity contribution in [3.8, 4) is 5.69 Å². The van der Waals surface area contributed by atoms with Crippen molar-refractivity contribution in [2.75, 3.05) is 6.54 Å². The minimum absolute atomic E-state index is 0.172. The number of amides is 1. The van der Waals surface area contributed by atoms with E-state index in [1.807, 2.05) is 30.3 Å². The van der Waals surface area contributed by atoms with Crippen LogP contribution in [0.1, 0.15) is 23.0 Å². The lowest BCUT2D eigenvalue weighted by molar-refractivity contribution is 0.0923. The lowest BCUT2D eigenvalue weighted by atomic mass is 10.2. The number of nitrogens with one attached hydrogen (secondary N) is 1. The Morgan fingerprint density at radius 3 is 2.70 bits per heavy atom. The number of para-hydroxylation sites is 1. The number of hydrogen-bond acceptors (Lipinski definition) is 3. The summed E-state index contributed by atoms with van der Waals surface area (Å²) in [6.45, 7) is 3.50. The van der Waals surface area contributed by atoms with Gasteiger partial charge in [0.2, 0.25) is 0 Å². The topological polar surface area (TPSA) is 67.2 Å². The predicted octanol–water partition coefficient (Wildman–Crippen LogP) is 1.94. The third-order valence-electron chi connectivity index (χ3n) is 2.79. The number of rotatable bonds is 4. The standard InChI is InChI=1S/C14H16ClN3O2/c1-9(19)8-16-14(20)12-10(2)17-18(13(12)15)11-6-4-3-5-7-11/h3-7,9,19H,8H2,1-2H3,(H,16,20). The van der Waals surface area contributed by atoms with Crippen molar-refractivity contribution in [1.29, 1.82) is 0 Å². The van der Waals surface area contributed by atoms with Crippen molar-refractivity contribution in [1.82, 2.24) is 15.1 Å². The van der Waals surface area contributed by atoms with Crippen LogP contribution in [0.2, 0.25) is 5.15 Å². The Morgan fingerprint density at radius 2 is 2.10 bits per heavy atom. The number of hydrogen-bond donors (Lipinski definition) is 2. The van der Waals surface area contributed by atoms with E-state index < -0.39 is 6.10 Å². The molecule has 5 nitrogen and oxygen atoms in total. The second-order valence-corrected chi connectivity index (χ2v) is 4.92. The highest BCUT2D eigenvalue weighted by Crippen LogP contribution is 2.23. The molecule has 0 radical (unpaired) electrons. The second kappa shape index (κ2) is 6.07. The quantitative estimate of drug-likeness (QED) is 0.905. The van der Waals surface area contributed by atoms with Crippen LogP contribution in [0.25, 0.3) is 5.69 Å². The molecule has 0 fully saturated rings. The van der Waals surface area contributed by atoms with Crippen molar-refractivity contribution in [2.24, 2.45) is 0 Å². The van der Waals surface area contributed by atoms with Crippen LogP contribution < -0.4 is 5.32 Å². The molecular weight excluding hydrogens is 278 g/mol. The summed E-state index contributed by atoms with van der Waals surface area (Å²) in [6, 6.07) is 9.35. The average molecular weight is 294 g/mol. The normalized spacial score (nSPS) is 12.2. The molecule has 1 aromatic carbocycles. The van der Waals surface area contributed by atoms with Gasteiger partial charge in [-0.2, -0.15) is 5.10 Å². The number of aliphatic hydroxyl groups is 1. The Bertz CT molecular complexity index is 608. The largest absolute Gasteiger partial charge is 0.392 e. The fourth-order valence-electron chi connectivity index (χ4n) is 1.83. The van der Waals surface area contributed by atoms with E-state index in [1.165, 1.54) is 4.68 Å². The Balaban J connectivity index is 2.32. The van der Waals surface area contributed by atoms with Crippen LogP contribution in [0.5, 0.6) is 0 Å². The Labute approximate surface area is 122 Å². The summed E-state index contributed by atoms with van der Waals surface area (Å²) in [5, 5.41) is 16.4. The zero-order chi connectivity index (χ0) is 14.7. The summed E-state index contributed by atoms with van der Waals surface area (Å²) >= 11 is 6.25. The van der Waals surface area contributed by atoms with E-state index in [9.17, 15) is 9.90 Å². The maximum Gasteiger partial charge on any atom is 0.256 e. The molecule has 2 N–H and O–H groups in total. The third-order valence-corrected chi connectivity index (χ3v) is 3.14. The molecular formula is C14H16ClN3O2. The monoisotopic (exact) mass is 293 g/mol. The number of halogens is 1. The van der Waals surface area contributed by atoms with Gasteiger partial charge >= 0.3 is 0 Å². The van der Waals surface area contributed by atoms with E-state index in [1.54, 1.807) is 13.8 Å². The SMILES string of the molecule is Cc1nn(-c2ccccc2)c(Cl)c1C(=O)NCC(C)O. The van der Waals surface area contributed by atoms with Crippen LogP contribution in [0.3, 0.4) is 0 Å². The molecule has 106 valence electrons. The minimum Gasteiger partial charge on any atom is -0.392 e. The molecule has 20 heavy (non-hydrogen) atoms. The van der Waals surface area contributed by atoms with Gasteiger partial charge in [0.25, 0.3) is 5.91 Å². The van der Waals surface area contributed by atoms with E-state index in [4.69, 9.17) is 11.6 Å². The summed E-state index contributed by atoms with van der Waals surface area (Å²) < 4.78 is 1.52. The van der Waals surface area contributed by atoms with Crippen LogP contribution >= 0.6 is 11.6 Å². The summed E-state index contributed by atoms with van der Waals surface area (Å²) in [5.74, 6) is -0.337. The first kappa shape index (κ1) is 14.6. The van der Waals surface area contributed by atoms with Gasteiger partial charge < -0.3 is 10.4 Å². The van der Waals surface area contributed by atoms with Gasteiger partial charge in [0.15, 0.2) is 0 Å². The molecule has 2 rings (SSSR count). The van der Waals surface area contributed by atoms with E-state index in [2.05, 4.69) is 10.4 Å². The first-order valence-corrected chi connectivity index (χ1v) is 6.65. The predicted molar refractivity (Wildman–Crippen MR) is 77.3 cm³/mol. The number of benzene rings is 1. The van der Waals surface area contributed by atoms with Gasteiger partial charge in [-0.15, -0.1) is 0 Å². The maximum atomic E-state index is 12.1. The van der Waals surface area contributed by atoms with Crippen LogP contribution in [0.15, 0.2) is 30.3 Å². The van der Waals surface area contributed by atoms with Crippen molar-refractivity contribution in [3.63, 3.8) is 0 Å². The van der Waals surface area contributed by atoms with Crippen LogP contribution in [-0.2, 0) is 0 Å². The van der Waals surface area contributed by atoms with Crippen LogP contribution in [0.4, 0.5) is 0 Å². The number of carbonyl (C=O) groups is 1. The fraction of sp³-hybridized carbons (Fsp3) is 0.286.